The number of hydrogen-bond donors (Lipinski definition) is 21. The van der Waals surface area contributed by atoms with Crippen LogP contribution in [-0.4, -0.2) is 221 Å². The number of amides is 13. The number of guanidine groups is 2. The van der Waals surface area contributed by atoms with Gasteiger partial charge in [0, 0.05) is 43.2 Å². The van der Waals surface area contributed by atoms with Gasteiger partial charge in [-0.1, -0.05) is 102 Å². The Morgan fingerprint density at radius 1 is 0.649 bits per heavy atom. The highest BCUT2D eigenvalue weighted by atomic mass is 16.5. The third kappa shape index (κ3) is 26.8. The van der Waals surface area contributed by atoms with Gasteiger partial charge in [0.2, 0.25) is 70.9 Å². The minimum Gasteiger partial charge on any atom is -0.481 e. The summed E-state index contributed by atoms with van der Waals surface area (Å²) >= 11 is 0. The minimum atomic E-state index is -1.93. The topological polar surface area (TPSA) is 590 Å². The molecule has 37 nitrogen and oxygen atoms in total. The first-order chi connectivity index (χ1) is 54.3. The highest BCUT2D eigenvalue weighted by Crippen LogP contribution is 2.44. The van der Waals surface area contributed by atoms with Gasteiger partial charge in [-0.05, 0) is 139 Å². The van der Waals surface area contributed by atoms with Crippen molar-refractivity contribution in [3.05, 3.63) is 131 Å². The molecule has 1 aromatic heterocycles. The lowest BCUT2D eigenvalue weighted by atomic mass is 9.98. The number of carboxylic acid groups (broad SMARTS) is 1. The van der Waals surface area contributed by atoms with Gasteiger partial charge in [-0.25, -0.2) is 4.79 Å². The van der Waals surface area contributed by atoms with Crippen LogP contribution in [0.2, 0.25) is 0 Å². The first-order valence-corrected chi connectivity index (χ1v) is 37.5. The molecular weight excluding hydrogens is 1480 g/mol. The number of benzene rings is 3. The third-order valence-electron chi connectivity index (χ3n) is 19.0. The lowest BCUT2D eigenvalue weighted by Gasteiger charge is -2.30. The molecule has 3 heterocycles. The maximum Gasteiger partial charge on any atom is 0.407 e. The predicted octanol–water partition coefficient (Wildman–Crippen LogP) is -1.35. The van der Waals surface area contributed by atoms with Crippen LogP contribution in [0.3, 0.4) is 0 Å². The Balaban J connectivity index is 1.22. The first-order valence-electron chi connectivity index (χ1n) is 37.5. The Hall–Kier alpha value is -12.7. The van der Waals surface area contributed by atoms with E-state index in [0.29, 0.717) is 16.8 Å². The van der Waals surface area contributed by atoms with Crippen LogP contribution in [0, 0.1) is 10.8 Å². The summed E-state index contributed by atoms with van der Waals surface area (Å²) < 4.78 is 5.64. The Morgan fingerprint density at radius 2 is 1.23 bits per heavy atom. The second-order valence-electron chi connectivity index (χ2n) is 28.4. The van der Waals surface area contributed by atoms with Crippen LogP contribution in [0.15, 0.2) is 114 Å². The van der Waals surface area contributed by atoms with Crippen LogP contribution in [0.4, 0.5) is 4.79 Å². The Kier molecular flexibility index (Phi) is 33.5. The van der Waals surface area contributed by atoms with Gasteiger partial charge in [0.15, 0.2) is 11.9 Å². The van der Waals surface area contributed by atoms with Crippen molar-refractivity contribution in [1.82, 2.24) is 79.0 Å². The van der Waals surface area contributed by atoms with E-state index < -0.39 is 188 Å². The zero-order valence-electron chi connectivity index (χ0n) is 64.2. The molecule has 2 aliphatic heterocycles. The van der Waals surface area contributed by atoms with Crippen molar-refractivity contribution in [3.63, 3.8) is 0 Å². The molecule has 0 saturated carbocycles. The van der Waals surface area contributed by atoms with Crippen molar-refractivity contribution < 1.29 is 82.1 Å². The quantitative estimate of drug-likeness (QED) is 0.0120. The number of aromatic amines is 1. The number of allylic oxidation sites excluding steroid dienone is 2. The van der Waals surface area contributed by atoms with Gasteiger partial charge in [0.25, 0.3) is 0 Å². The van der Waals surface area contributed by atoms with Gasteiger partial charge in [0.1, 0.15) is 79.6 Å². The zero-order valence-corrected chi connectivity index (χ0v) is 64.2. The van der Waals surface area contributed by atoms with E-state index in [0.717, 1.165) is 38.1 Å². The molecule has 3 aromatic carbocycles. The predicted molar refractivity (Wildman–Crippen MR) is 418 cm³/mol. The largest absolute Gasteiger partial charge is 0.481 e. The minimum absolute atomic E-state index is 0.0139. The van der Waals surface area contributed by atoms with Gasteiger partial charge in [-0.3, -0.25) is 73.1 Å². The molecule has 0 spiro atoms. The molecule has 4 aromatic rings. The lowest BCUT2D eigenvalue weighted by Crippen LogP contribution is -2.61. The molecule has 0 bridgehead atoms. The molecule has 1 saturated heterocycles. The number of rotatable bonds is 31. The summed E-state index contributed by atoms with van der Waals surface area (Å²) in [4.78, 5) is 202. The molecule has 1 fully saturated rings. The summed E-state index contributed by atoms with van der Waals surface area (Å²) in [5, 5.41) is 69.8. The number of alkyl carbamates (subject to hydrolysis) is 1. The van der Waals surface area contributed by atoms with Gasteiger partial charge in [0.05, 0.1) is 13.0 Å². The maximum absolute atomic E-state index is 15.0. The average Bonchev–Trinajstić information content (AvgIpc) is 1.61. The third-order valence-corrected chi connectivity index (χ3v) is 19.0. The highest BCUT2D eigenvalue weighted by molar-refractivity contribution is 6.01. The molecule has 614 valence electrons. The van der Waals surface area contributed by atoms with Gasteiger partial charge in [-0.15, -0.1) is 0 Å². The summed E-state index contributed by atoms with van der Waals surface area (Å²) in [6, 6.07) is 6.59. The van der Waals surface area contributed by atoms with Crippen LogP contribution < -0.4 is 86.3 Å². The van der Waals surface area contributed by atoms with Crippen LogP contribution in [-0.2, 0) is 73.5 Å². The van der Waals surface area contributed by atoms with Crippen molar-refractivity contribution in [3.8, 4) is 11.1 Å². The Morgan fingerprint density at radius 3 is 1.87 bits per heavy atom. The number of carboxylic acids is 1. The van der Waals surface area contributed by atoms with Crippen LogP contribution in [0.25, 0.3) is 22.0 Å². The van der Waals surface area contributed by atoms with Crippen LogP contribution in [0.5, 0.6) is 0 Å². The van der Waals surface area contributed by atoms with E-state index in [1.54, 1.807) is 70.2 Å². The number of fused-ring (bicyclic) bond motifs is 5. The summed E-state index contributed by atoms with van der Waals surface area (Å²) in [6.45, 7) is 6.05. The summed E-state index contributed by atoms with van der Waals surface area (Å²) in [6.07, 6.45) is 2.30. The van der Waals surface area contributed by atoms with E-state index in [1.165, 1.54) is 19.1 Å². The van der Waals surface area contributed by atoms with E-state index in [9.17, 15) is 72.5 Å². The molecule has 114 heavy (non-hydrogen) atoms. The zero-order chi connectivity index (χ0) is 83.3. The van der Waals surface area contributed by atoms with E-state index in [4.69, 9.17) is 32.8 Å². The maximum atomic E-state index is 15.0. The van der Waals surface area contributed by atoms with Gasteiger partial charge in [-0.2, -0.15) is 0 Å². The van der Waals surface area contributed by atoms with E-state index in [-0.39, 0.29) is 95.9 Å². The number of H-pyrrole nitrogens is 1. The molecule has 37 heteroatoms. The van der Waals surface area contributed by atoms with Crippen molar-refractivity contribution in [2.24, 2.45) is 17.2 Å². The van der Waals surface area contributed by atoms with E-state index in [1.807, 2.05) is 48.5 Å². The molecular formula is C77H104N20O17. The fourth-order valence-corrected chi connectivity index (χ4v) is 13.1. The Labute approximate surface area is 657 Å². The van der Waals surface area contributed by atoms with Crippen molar-refractivity contribution in [2.45, 2.75) is 184 Å². The molecule has 24 N–H and O–H groups in total. The number of carbonyl (C=O) groups is 14. The summed E-state index contributed by atoms with van der Waals surface area (Å²) in [5.41, 5.74) is 23.1. The van der Waals surface area contributed by atoms with E-state index >= 15 is 4.79 Å². The summed E-state index contributed by atoms with van der Waals surface area (Å²) in [5.74, 6) is -14.8. The fraction of sp³-hybridized carbons (Fsp3) is 0.455. The van der Waals surface area contributed by atoms with Crippen molar-refractivity contribution >= 4 is 106 Å². The number of aromatic nitrogens is 1. The molecule has 11 atom stereocenters. The van der Waals surface area contributed by atoms with Crippen LogP contribution in [0.1, 0.15) is 128 Å². The number of hydrogen-bond acceptors (Lipinski definition) is 18. The normalized spacial score (nSPS) is 19.9. The fourth-order valence-electron chi connectivity index (χ4n) is 13.1. The Bertz CT molecular complexity index is 4220. The number of primary amides is 1. The number of carbonyl (C=O) groups excluding carboxylic acids is 13. The number of nitrogens with one attached hydrogen (secondary N) is 16. The molecule has 3 aliphatic rings. The SMILES string of the molecule is CC(C)=CC[C@H](NC(=O)[C@H](CCCNC(=N)N)NC(=O)[C@H](Cc1cc2ccccc2[nH]1)NC(=O)[C@H](C)NC(=O)[C@@H]1CC=CC[C@H](NC(=O)CNC(=O)OCC2c3ccccc3-c3ccccc32)C(=O)N[C@@H](CC=C(C)C)C(=O)N[C@@H](CO)C(=O)N[C@@H](CC(=O)O)C(=O)N2CCCC2C(=O)N[C@@H](CCCNC(=N)N)C(=O)N1)C(N)=O. The number of aliphatic carboxylic acids is 1. The number of nitrogens with two attached hydrogens (primary N) is 3. The molecule has 1 unspecified atom stereocenters. The number of aliphatic hydroxyl groups is 1. The highest BCUT2D eigenvalue weighted by Gasteiger charge is 2.42. The molecule has 1 aliphatic carbocycles. The number of ether oxygens (including phenoxy) is 1. The smallest absolute Gasteiger partial charge is 0.407 e. The summed E-state index contributed by atoms with van der Waals surface area (Å²) in [7, 11) is 0. The molecule has 7 rings (SSSR count). The van der Waals surface area contributed by atoms with Crippen LogP contribution >= 0.6 is 0 Å². The second-order valence-corrected chi connectivity index (χ2v) is 28.4. The standard InChI is InChI=1S/C77H104N20O17/c1-41(2)28-30-52(64(78)102)89-68(106)55(25-14-32-83-75(79)80)91-71(109)58(36-45-35-44-17-6-11-22-51(44)87-45)94-65(103)43(5)86-66(104)54-24-13-12-23-53(88-62(99)38-85-77(113)114-40-50-48-20-9-7-18-46(48)47-19-8-10-21-49(47)50)67(105)92-57(31-29-42(3)4)70(108)96-60(39-98)72(110)95-59(37-63(100)101)74(112)97-34-16-27-61(97)73(111)93-56(69(107)90-54)26-15-33-84-76(81)82/h6-13,17-22,28-29,35,43,50,52-61,87,98H,14-16,23-27,30-34,36-40H2,1-5H3,(H2,78,102)(H,85,113)(H,86,104)(H,88,99)(H,89,106)(H,90,107)(H,91,109)(H,92,105)(H,93,111)(H,94,103)(H,95,110)(H,96,108)(H,100,101)(H4,79,80,83)(H4,81,82,84)/t43-,52-,53-,54-,55-,56-,57-,58-,59-,60-,61?/m0/s1. The average molecular weight is 1580 g/mol. The van der Waals surface area contributed by atoms with Crippen molar-refractivity contribution in [1.29, 1.82) is 10.8 Å². The lowest BCUT2D eigenvalue weighted by molar-refractivity contribution is -0.146. The molecule has 0 radical (unpaired) electrons. The monoisotopic (exact) mass is 1580 g/mol. The second kappa shape index (κ2) is 43.2. The van der Waals surface area contributed by atoms with E-state index in [2.05, 4.69) is 74.1 Å². The van der Waals surface area contributed by atoms with Crippen molar-refractivity contribution in [2.75, 3.05) is 39.4 Å². The number of para-hydroxylation sites is 1. The van der Waals surface area contributed by atoms with Gasteiger partial charge >= 0.3 is 12.1 Å². The number of nitrogens with zero attached hydrogens (tertiary/aromatic N) is 1. The van der Waals surface area contributed by atoms with Gasteiger partial charge < -0.3 is 111 Å². The number of aliphatic hydroxyl groups excluding tert-OH is 1. The molecule has 13 amide bonds. The first kappa shape index (κ1) is 88.5.